The highest BCUT2D eigenvalue weighted by Gasteiger charge is 2.28. The van der Waals surface area contributed by atoms with E-state index < -0.39 is 6.04 Å². The Bertz CT molecular complexity index is 873. The van der Waals surface area contributed by atoms with E-state index in [2.05, 4.69) is 21.2 Å². The second-order valence-electron chi connectivity index (χ2n) is 7.88. The number of nitrogens with one attached hydrogen (secondary N) is 1. The number of hydrogen-bond acceptors (Lipinski definition) is 3. The van der Waals surface area contributed by atoms with E-state index in [1.807, 2.05) is 71.0 Å². The Morgan fingerprint density at radius 2 is 1.68 bits per heavy atom. The summed E-state index contributed by atoms with van der Waals surface area (Å²) in [5.41, 5.74) is 4.23. The molecule has 0 unspecified atom stereocenters. The van der Waals surface area contributed by atoms with Gasteiger partial charge in [0.1, 0.15) is 11.8 Å². The number of carbonyl (C=O) groups is 2. The molecule has 0 fully saturated rings. The molecule has 0 bridgehead atoms. The summed E-state index contributed by atoms with van der Waals surface area (Å²) in [7, 11) is 0. The number of carbonyl (C=O) groups excluding carboxylic acids is 2. The molecule has 0 radical (unpaired) electrons. The third-order valence-electron chi connectivity index (χ3n) is 5.18. The quantitative estimate of drug-likeness (QED) is 0.506. The van der Waals surface area contributed by atoms with Crippen molar-refractivity contribution in [3.8, 4) is 5.75 Å². The average molecular weight is 489 g/mol. The Hall–Kier alpha value is -2.34. The maximum atomic E-state index is 13.2. The highest BCUT2D eigenvalue weighted by Crippen LogP contribution is 2.26. The summed E-state index contributed by atoms with van der Waals surface area (Å²) >= 11 is 3.55. The first-order chi connectivity index (χ1) is 14.8. The van der Waals surface area contributed by atoms with Crippen molar-refractivity contribution in [2.75, 3.05) is 13.2 Å². The van der Waals surface area contributed by atoms with Crippen LogP contribution in [-0.2, 0) is 16.1 Å². The van der Waals surface area contributed by atoms with Gasteiger partial charge in [-0.25, -0.2) is 0 Å². The van der Waals surface area contributed by atoms with Gasteiger partial charge in [-0.15, -0.1) is 0 Å². The number of hydrogen-bond donors (Lipinski definition) is 1. The lowest BCUT2D eigenvalue weighted by atomic mass is 10.1. The number of amides is 2. The van der Waals surface area contributed by atoms with Gasteiger partial charge in [0.15, 0.2) is 6.61 Å². The number of halogens is 1. The van der Waals surface area contributed by atoms with Crippen LogP contribution in [0.1, 0.15) is 48.9 Å². The van der Waals surface area contributed by atoms with Gasteiger partial charge in [-0.3, -0.25) is 9.59 Å². The number of rotatable bonds is 10. The molecule has 0 saturated heterocycles. The molecule has 5 nitrogen and oxygen atoms in total. The fourth-order valence-corrected chi connectivity index (χ4v) is 3.62. The first-order valence-electron chi connectivity index (χ1n) is 10.8. The molecule has 168 valence electrons. The standard InChI is InChI=1S/C25H33BrN2O3/c1-6-12-27-25(30)22(7-2)28(15-20-10-8-17(3)9-11-20)23(29)16-31-21-13-18(4)24(26)19(5)14-21/h8-11,13-14,22H,6-7,12,15-16H2,1-5H3,(H,27,30)/t22-/m0/s1. The Labute approximate surface area is 194 Å². The molecule has 0 heterocycles. The molecule has 0 saturated carbocycles. The first-order valence-corrected chi connectivity index (χ1v) is 11.6. The van der Waals surface area contributed by atoms with Crippen molar-refractivity contribution in [1.29, 1.82) is 0 Å². The van der Waals surface area contributed by atoms with Crippen molar-refractivity contribution in [2.45, 2.75) is 60.0 Å². The largest absolute Gasteiger partial charge is 0.484 e. The molecule has 0 aromatic heterocycles. The Morgan fingerprint density at radius 1 is 1.06 bits per heavy atom. The minimum absolute atomic E-state index is 0.121. The van der Waals surface area contributed by atoms with E-state index >= 15 is 0 Å². The number of ether oxygens (including phenoxy) is 1. The van der Waals surface area contributed by atoms with Crippen LogP contribution in [0.3, 0.4) is 0 Å². The molecule has 0 aliphatic carbocycles. The van der Waals surface area contributed by atoms with Gasteiger partial charge in [0.05, 0.1) is 0 Å². The Kier molecular flexibility index (Phi) is 9.56. The van der Waals surface area contributed by atoms with Crippen LogP contribution < -0.4 is 10.1 Å². The van der Waals surface area contributed by atoms with E-state index in [-0.39, 0.29) is 18.4 Å². The number of benzene rings is 2. The van der Waals surface area contributed by atoms with Gasteiger partial charge in [-0.2, -0.15) is 0 Å². The normalized spacial score (nSPS) is 11.7. The zero-order valence-electron chi connectivity index (χ0n) is 19.1. The molecule has 2 amide bonds. The maximum absolute atomic E-state index is 13.2. The van der Waals surface area contributed by atoms with Crippen molar-refractivity contribution in [3.63, 3.8) is 0 Å². The van der Waals surface area contributed by atoms with Crippen molar-refractivity contribution < 1.29 is 14.3 Å². The third-order valence-corrected chi connectivity index (χ3v) is 6.43. The van der Waals surface area contributed by atoms with Gasteiger partial charge in [0, 0.05) is 17.6 Å². The molecule has 2 aromatic carbocycles. The summed E-state index contributed by atoms with van der Waals surface area (Å²) < 4.78 is 6.87. The molecular weight excluding hydrogens is 456 g/mol. The molecule has 0 spiro atoms. The van der Waals surface area contributed by atoms with E-state index in [0.717, 1.165) is 33.1 Å². The summed E-state index contributed by atoms with van der Waals surface area (Å²) in [5.74, 6) is 0.308. The minimum Gasteiger partial charge on any atom is -0.484 e. The van der Waals surface area contributed by atoms with Crippen LogP contribution >= 0.6 is 15.9 Å². The van der Waals surface area contributed by atoms with Gasteiger partial charge in [-0.1, -0.05) is 59.6 Å². The number of nitrogens with zero attached hydrogens (tertiary/aromatic N) is 1. The predicted octanol–water partition coefficient (Wildman–Crippen LogP) is 5.09. The number of aryl methyl sites for hydroxylation is 3. The lowest BCUT2D eigenvalue weighted by Gasteiger charge is -2.30. The summed E-state index contributed by atoms with van der Waals surface area (Å²) in [6.07, 6.45) is 1.38. The summed E-state index contributed by atoms with van der Waals surface area (Å²) in [4.78, 5) is 27.6. The van der Waals surface area contributed by atoms with Crippen molar-refractivity contribution >= 4 is 27.7 Å². The van der Waals surface area contributed by atoms with Crippen molar-refractivity contribution in [1.82, 2.24) is 10.2 Å². The zero-order chi connectivity index (χ0) is 23.0. The van der Waals surface area contributed by atoms with Crippen LogP contribution in [0.15, 0.2) is 40.9 Å². The fraction of sp³-hybridized carbons (Fsp3) is 0.440. The van der Waals surface area contributed by atoms with E-state index in [1.165, 1.54) is 0 Å². The fourth-order valence-electron chi connectivity index (χ4n) is 3.39. The highest BCUT2D eigenvalue weighted by molar-refractivity contribution is 9.10. The minimum atomic E-state index is -0.544. The molecule has 6 heteroatoms. The van der Waals surface area contributed by atoms with Gasteiger partial charge >= 0.3 is 0 Å². The predicted molar refractivity (Wildman–Crippen MR) is 128 cm³/mol. The van der Waals surface area contributed by atoms with Crippen LogP contribution in [-0.4, -0.2) is 35.9 Å². The average Bonchev–Trinajstić information content (AvgIpc) is 2.75. The van der Waals surface area contributed by atoms with Gasteiger partial charge in [-0.05, 0) is 62.4 Å². The van der Waals surface area contributed by atoms with Crippen molar-refractivity contribution in [2.24, 2.45) is 0 Å². The maximum Gasteiger partial charge on any atom is 0.261 e. The lowest BCUT2D eigenvalue weighted by Crippen LogP contribution is -2.50. The van der Waals surface area contributed by atoms with E-state index in [0.29, 0.717) is 25.3 Å². The van der Waals surface area contributed by atoms with Crippen molar-refractivity contribution in [3.05, 3.63) is 63.1 Å². The lowest BCUT2D eigenvalue weighted by molar-refractivity contribution is -0.143. The van der Waals surface area contributed by atoms with E-state index in [9.17, 15) is 9.59 Å². The molecule has 0 aliphatic rings. The van der Waals surface area contributed by atoms with Crippen LogP contribution in [0.25, 0.3) is 0 Å². The van der Waals surface area contributed by atoms with Gasteiger partial charge in [0.2, 0.25) is 5.91 Å². The molecule has 1 atom stereocenters. The second-order valence-corrected chi connectivity index (χ2v) is 8.68. The molecule has 1 N–H and O–H groups in total. The smallest absolute Gasteiger partial charge is 0.261 e. The van der Waals surface area contributed by atoms with Crippen LogP contribution in [0.5, 0.6) is 5.75 Å². The molecule has 0 aliphatic heterocycles. The van der Waals surface area contributed by atoms with Gasteiger partial charge < -0.3 is 15.0 Å². The molecular formula is C25H33BrN2O3. The van der Waals surface area contributed by atoms with E-state index in [4.69, 9.17) is 4.74 Å². The summed E-state index contributed by atoms with van der Waals surface area (Å²) in [6.45, 7) is 10.8. The van der Waals surface area contributed by atoms with Crippen LogP contribution in [0, 0.1) is 20.8 Å². The zero-order valence-corrected chi connectivity index (χ0v) is 20.7. The van der Waals surface area contributed by atoms with Gasteiger partial charge in [0.25, 0.3) is 5.91 Å². The molecule has 31 heavy (non-hydrogen) atoms. The first kappa shape index (κ1) is 24.9. The topological polar surface area (TPSA) is 58.6 Å². The monoisotopic (exact) mass is 488 g/mol. The SMILES string of the molecule is CCCNC(=O)[C@H](CC)N(Cc1ccc(C)cc1)C(=O)COc1cc(C)c(Br)c(C)c1. The van der Waals surface area contributed by atoms with E-state index in [1.54, 1.807) is 4.90 Å². The molecule has 2 aromatic rings. The Balaban J connectivity index is 2.21. The second kappa shape index (κ2) is 11.9. The molecule has 2 rings (SSSR count). The summed E-state index contributed by atoms with van der Waals surface area (Å²) in [5, 5.41) is 2.93. The summed E-state index contributed by atoms with van der Waals surface area (Å²) in [6, 6.07) is 11.3. The van der Waals surface area contributed by atoms with Crippen LogP contribution in [0.2, 0.25) is 0 Å². The third kappa shape index (κ3) is 7.10. The highest BCUT2D eigenvalue weighted by atomic mass is 79.9. The van der Waals surface area contributed by atoms with Crippen LogP contribution in [0.4, 0.5) is 0 Å². The Morgan fingerprint density at radius 3 is 2.23 bits per heavy atom.